The minimum atomic E-state index is -3.38. The molecule has 0 aliphatic heterocycles. The zero-order chi connectivity index (χ0) is 13.9. The Hall–Kier alpha value is -1.86. The average Bonchev–Trinajstić information content (AvgIpc) is 2.83. The van der Waals surface area contributed by atoms with Crippen molar-refractivity contribution >= 4 is 15.7 Å². The fourth-order valence-electron chi connectivity index (χ4n) is 1.56. The van der Waals surface area contributed by atoms with Crippen LogP contribution in [0, 0.1) is 6.92 Å². The van der Waals surface area contributed by atoms with Gasteiger partial charge in [0, 0.05) is 11.8 Å². The SMILES string of the molecule is CNS(=O)(=O)c1ccc(NCc2cc(C)on2)cc1. The first-order valence-corrected chi connectivity index (χ1v) is 7.19. The van der Waals surface area contributed by atoms with Crippen LogP contribution in [0.25, 0.3) is 0 Å². The van der Waals surface area contributed by atoms with Gasteiger partial charge in [0.05, 0.1) is 11.4 Å². The molecule has 0 bridgehead atoms. The lowest BCUT2D eigenvalue weighted by atomic mass is 10.3. The first-order valence-electron chi connectivity index (χ1n) is 5.71. The second-order valence-corrected chi connectivity index (χ2v) is 5.90. The van der Waals surface area contributed by atoms with Crippen LogP contribution in [0.15, 0.2) is 39.8 Å². The van der Waals surface area contributed by atoms with Crippen LogP contribution in [0.1, 0.15) is 11.5 Å². The van der Waals surface area contributed by atoms with E-state index < -0.39 is 10.0 Å². The number of nitrogens with zero attached hydrogens (tertiary/aromatic N) is 1. The highest BCUT2D eigenvalue weighted by Gasteiger charge is 2.10. The molecule has 0 radical (unpaired) electrons. The van der Waals surface area contributed by atoms with Crippen molar-refractivity contribution in [2.45, 2.75) is 18.4 Å². The van der Waals surface area contributed by atoms with Gasteiger partial charge in [-0.1, -0.05) is 5.16 Å². The molecule has 0 unspecified atom stereocenters. The highest BCUT2D eigenvalue weighted by atomic mass is 32.2. The van der Waals surface area contributed by atoms with Gasteiger partial charge in [-0.15, -0.1) is 0 Å². The molecular formula is C12H15N3O3S. The molecule has 1 heterocycles. The maximum Gasteiger partial charge on any atom is 0.240 e. The van der Waals surface area contributed by atoms with Gasteiger partial charge in [-0.2, -0.15) is 0 Å². The Kier molecular flexibility index (Phi) is 3.87. The molecule has 6 nitrogen and oxygen atoms in total. The normalized spacial score (nSPS) is 11.5. The van der Waals surface area contributed by atoms with Crippen molar-refractivity contribution in [3.05, 3.63) is 41.8 Å². The molecule has 102 valence electrons. The van der Waals surface area contributed by atoms with Crippen molar-refractivity contribution in [3.8, 4) is 0 Å². The van der Waals surface area contributed by atoms with Crippen molar-refractivity contribution in [2.24, 2.45) is 0 Å². The van der Waals surface area contributed by atoms with Crippen LogP contribution in [-0.4, -0.2) is 20.6 Å². The lowest BCUT2D eigenvalue weighted by Crippen LogP contribution is -2.18. The molecule has 2 aromatic rings. The Morgan fingerprint density at radius 2 is 1.95 bits per heavy atom. The van der Waals surface area contributed by atoms with Crippen molar-refractivity contribution in [2.75, 3.05) is 12.4 Å². The molecule has 0 amide bonds. The van der Waals surface area contributed by atoms with E-state index in [1.165, 1.54) is 7.05 Å². The van der Waals surface area contributed by atoms with Crippen LogP contribution in [0.2, 0.25) is 0 Å². The lowest BCUT2D eigenvalue weighted by Gasteiger charge is -2.06. The van der Waals surface area contributed by atoms with Crippen molar-refractivity contribution in [3.63, 3.8) is 0 Å². The molecule has 1 aromatic heterocycles. The van der Waals surface area contributed by atoms with Crippen molar-refractivity contribution in [1.29, 1.82) is 0 Å². The predicted molar refractivity (Wildman–Crippen MR) is 71.3 cm³/mol. The Labute approximate surface area is 111 Å². The summed E-state index contributed by atoms with van der Waals surface area (Å²) in [7, 11) is -2.00. The minimum Gasteiger partial charge on any atom is -0.379 e. The van der Waals surface area contributed by atoms with Crippen LogP contribution in [0.3, 0.4) is 0 Å². The number of hydrogen-bond acceptors (Lipinski definition) is 5. The van der Waals surface area contributed by atoms with Crippen molar-refractivity contribution in [1.82, 2.24) is 9.88 Å². The van der Waals surface area contributed by atoms with Crippen LogP contribution in [-0.2, 0) is 16.6 Å². The van der Waals surface area contributed by atoms with Gasteiger partial charge in [-0.25, -0.2) is 13.1 Å². The molecule has 0 aliphatic carbocycles. The number of hydrogen-bond donors (Lipinski definition) is 2. The molecule has 0 spiro atoms. The Morgan fingerprint density at radius 1 is 1.26 bits per heavy atom. The second kappa shape index (κ2) is 5.41. The van der Waals surface area contributed by atoms with Gasteiger partial charge >= 0.3 is 0 Å². The Morgan fingerprint density at radius 3 is 2.47 bits per heavy atom. The van der Waals surface area contributed by atoms with Crippen LogP contribution in [0.5, 0.6) is 0 Å². The van der Waals surface area contributed by atoms with E-state index in [1.807, 2.05) is 13.0 Å². The Bertz CT molecular complexity index is 647. The van der Waals surface area contributed by atoms with Gasteiger partial charge in [0.15, 0.2) is 0 Å². The molecule has 1 aromatic carbocycles. The van der Waals surface area contributed by atoms with E-state index in [0.29, 0.717) is 6.54 Å². The topological polar surface area (TPSA) is 84.2 Å². The number of rotatable bonds is 5. The summed E-state index contributed by atoms with van der Waals surface area (Å²) in [5.74, 6) is 0.757. The first kappa shape index (κ1) is 13.6. The van der Waals surface area contributed by atoms with E-state index in [4.69, 9.17) is 4.52 Å². The number of sulfonamides is 1. The van der Waals surface area contributed by atoms with Crippen LogP contribution >= 0.6 is 0 Å². The summed E-state index contributed by atoms with van der Waals surface area (Å²) in [6, 6.07) is 8.34. The zero-order valence-electron chi connectivity index (χ0n) is 10.7. The van der Waals surface area contributed by atoms with E-state index in [1.54, 1.807) is 24.3 Å². The van der Waals surface area contributed by atoms with Gasteiger partial charge in [0.2, 0.25) is 10.0 Å². The number of aryl methyl sites for hydroxylation is 1. The van der Waals surface area contributed by atoms with E-state index >= 15 is 0 Å². The minimum absolute atomic E-state index is 0.234. The third-order valence-corrected chi connectivity index (χ3v) is 4.01. The molecule has 19 heavy (non-hydrogen) atoms. The summed E-state index contributed by atoms with van der Waals surface area (Å²) < 4.78 is 30.3. The zero-order valence-corrected chi connectivity index (χ0v) is 11.5. The summed E-state index contributed by atoms with van der Waals surface area (Å²) >= 11 is 0. The number of benzene rings is 1. The standard InChI is InChI=1S/C12H15N3O3S/c1-9-7-11(15-18-9)8-14-10-3-5-12(6-4-10)19(16,17)13-2/h3-7,13-14H,8H2,1-2H3. The summed E-state index contributed by atoms with van der Waals surface area (Å²) in [4.78, 5) is 0.234. The van der Waals surface area contributed by atoms with Crippen LogP contribution < -0.4 is 10.0 Å². The van der Waals surface area contributed by atoms with E-state index in [-0.39, 0.29) is 4.90 Å². The number of nitrogens with one attached hydrogen (secondary N) is 2. The molecule has 0 fully saturated rings. The van der Waals surface area contributed by atoms with E-state index in [0.717, 1.165) is 17.1 Å². The maximum absolute atomic E-state index is 11.5. The van der Waals surface area contributed by atoms with Gasteiger partial charge in [0.25, 0.3) is 0 Å². The molecular weight excluding hydrogens is 266 g/mol. The summed E-state index contributed by atoms with van der Waals surface area (Å²) in [5.41, 5.74) is 1.61. The largest absolute Gasteiger partial charge is 0.379 e. The molecule has 0 atom stereocenters. The summed E-state index contributed by atoms with van der Waals surface area (Å²) in [5, 5.41) is 6.99. The maximum atomic E-state index is 11.5. The first-order chi connectivity index (χ1) is 9.01. The van der Waals surface area contributed by atoms with Crippen LogP contribution in [0.4, 0.5) is 5.69 Å². The molecule has 2 rings (SSSR count). The van der Waals surface area contributed by atoms with Gasteiger partial charge in [0.1, 0.15) is 11.5 Å². The summed E-state index contributed by atoms with van der Waals surface area (Å²) in [6.07, 6.45) is 0. The third kappa shape index (κ3) is 3.33. The molecule has 0 aliphatic rings. The quantitative estimate of drug-likeness (QED) is 0.867. The molecule has 0 saturated heterocycles. The van der Waals surface area contributed by atoms with Gasteiger partial charge in [-0.05, 0) is 38.2 Å². The van der Waals surface area contributed by atoms with E-state index in [2.05, 4.69) is 15.2 Å². The van der Waals surface area contributed by atoms with E-state index in [9.17, 15) is 8.42 Å². The predicted octanol–water partition coefficient (Wildman–Crippen LogP) is 1.50. The van der Waals surface area contributed by atoms with Gasteiger partial charge < -0.3 is 9.84 Å². The number of aromatic nitrogens is 1. The van der Waals surface area contributed by atoms with Gasteiger partial charge in [-0.3, -0.25) is 0 Å². The fraction of sp³-hybridized carbons (Fsp3) is 0.250. The molecule has 0 saturated carbocycles. The molecule has 2 N–H and O–H groups in total. The Balaban J connectivity index is 2.03. The molecule has 7 heteroatoms. The number of anilines is 1. The monoisotopic (exact) mass is 281 g/mol. The smallest absolute Gasteiger partial charge is 0.240 e. The summed E-state index contributed by atoms with van der Waals surface area (Å²) in [6.45, 7) is 2.35. The lowest BCUT2D eigenvalue weighted by molar-refractivity contribution is 0.391. The highest BCUT2D eigenvalue weighted by Crippen LogP contribution is 2.14. The van der Waals surface area contributed by atoms with Crippen molar-refractivity contribution < 1.29 is 12.9 Å². The third-order valence-electron chi connectivity index (χ3n) is 2.58. The highest BCUT2D eigenvalue weighted by molar-refractivity contribution is 7.89. The second-order valence-electron chi connectivity index (χ2n) is 4.01. The fourth-order valence-corrected chi connectivity index (χ4v) is 2.29. The average molecular weight is 281 g/mol.